The van der Waals surface area contributed by atoms with Crippen LogP contribution in [0.5, 0.6) is 0 Å². The molecule has 1 aromatic rings. The zero-order chi connectivity index (χ0) is 16.4. The maximum atomic E-state index is 9.55. The maximum absolute atomic E-state index is 9.55. The van der Waals surface area contributed by atoms with Gasteiger partial charge in [0.05, 0.1) is 0 Å². The van der Waals surface area contributed by atoms with Gasteiger partial charge in [-0.3, -0.25) is 0 Å². The van der Waals surface area contributed by atoms with Crippen molar-refractivity contribution in [3.63, 3.8) is 0 Å². The first-order valence-corrected chi connectivity index (χ1v) is 6.90. The lowest BCUT2D eigenvalue weighted by molar-refractivity contribution is -0.134. The number of carboxylic acids is 2. The molecule has 0 amide bonds. The summed E-state index contributed by atoms with van der Waals surface area (Å²) in [5.41, 5.74) is 11.2. The Kier molecular flexibility index (Phi) is 8.53. The first-order chi connectivity index (χ1) is 9.87. The molecule has 0 aliphatic rings. The van der Waals surface area contributed by atoms with Crippen LogP contribution in [0.3, 0.4) is 0 Å². The van der Waals surface area contributed by atoms with Crippen molar-refractivity contribution in [2.75, 3.05) is 5.73 Å². The summed E-state index contributed by atoms with van der Waals surface area (Å²) < 4.78 is 0. The molecular formula is C16H23NO4. The quantitative estimate of drug-likeness (QED) is 0.572. The van der Waals surface area contributed by atoms with E-state index in [2.05, 4.69) is 26.8 Å². The Labute approximate surface area is 125 Å². The molecule has 0 heterocycles. The van der Waals surface area contributed by atoms with Crippen LogP contribution in [0.15, 0.2) is 24.3 Å². The van der Waals surface area contributed by atoms with Gasteiger partial charge in [-0.2, -0.15) is 0 Å². The Morgan fingerprint density at radius 3 is 1.76 bits per heavy atom. The van der Waals surface area contributed by atoms with Gasteiger partial charge in [-0.1, -0.05) is 26.8 Å². The number of aliphatic carboxylic acids is 2. The van der Waals surface area contributed by atoms with Gasteiger partial charge in [0.1, 0.15) is 0 Å². The molecule has 1 rings (SSSR count). The number of hydrogen-bond acceptors (Lipinski definition) is 3. The van der Waals surface area contributed by atoms with Gasteiger partial charge in [0.15, 0.2) is 0 Å². The van der Waals surface area contributed by atoms with E-state index >= 15 is 0 Å². The van der Waals surface area contributed by atoms with E-state index in [-0.39, 0.29) is 0 Å². The smallest absolute Gasteiger partial charge is 0.328 e. The Morgan fingerprint density at radius 1 is 0.952 bits per heavy atom. The molecule has 1 aromatic carbocycles. The molecular weight excluding hydrogens is 270 g/mol. The summed E-state index contributed by atoms with van der Waals surface area (Å²) in [4.78, 5) is 19.1. The van der Waals surface area contributed by atoms with Crippen LogP contribution in [0.2, 0.25) is 0 Å². The molecule has 0 spiro atoms. The average molecular weight is 293 g/mol. The number of carboxylic acid groups (broad SMARTS) is 2. The van der Waals surface area contributed by atoms with Crippen molar-refractivity contribution in [2.45, 2.75) is 40.0 Å². The van der Waals surface area contributed by atoms with E-state index in [4.69, 9.17) is 15.9 Å². The second-order valence-corrected chi connectivity index (χ2v) is 4.34. The summed E-state index contributed by atoms with van der Waals surface area (Å²) in [7, 11) is 0. The van der Waals surface area contributed by atoms with Crippen molar-refractivity contribution < 1.29 is 19.8 Å². The predicted molar refractivity (Wildman–Crippen MR) is 83.4 cm³/mol. The van der Waals surface area contributed by atoms with Crippen LogP contribution in [0.4, 0.5) is 5.69 Å². The zero-order valence-corrected chi connectivity index (χ0v) is 12.7. The van der Waals surface area contributed by atoms with E-state index in [1.165, 1.54) is 16.7 Å². The lowest BCUT2D eigenvalue weighted by atomic mass is 9.94. The zero-order valence-electron chi connectivity index (χ0n) is 12.7. The third-order valence-electron chi connectivity index (χ3n) is 3.02. The van der Waals surface area contributed by atoms with Crippen LogP contribution in [0.25, 0.3) is 0 Å². The highest BCUT2D eigenvalue weighted by molar-refractivity contribution is 5.89. The minimum absolute atomic E-state index is 0.558. The molecule has 4 N–H and O–H groups in total. The third-order valence-corrected chi connectivity index (χ3v) is 3.02. The Hall–Kier alpha value is -2.30. The summed E-state index contributed by atoms with van der Waals surface area (Å²) in [6.45, 7) is 6.57. The summed E-state index contributed by atoms with van der Waals surface area (Å²) in [6.07, 6.45) is 4.36. The standard InChI is InChI=1S/C12H19N.C4H4O4/c1-4-9-7-8-12(13)11(6-3)10(9)5-2;5-3(6)1-2-4(7)8/h7-8H,4-6,13H2,1-3H3;1-2H,(H,5,6)(H,7,8)/b;2-1-. The van der Waals surface area contributed by atoms with Crippen molar-refractivity contribution in [1.29, 1.82) is 0 Å². The molecule has 0 saturated heterocycles. The van der Waals surface area contributed by atoms with E-state index in [1.54, 1.807) is 0 Å². The highest BCUT2D eigenvalue weighted by Gasteiger charge is 2.06. The van der Waals surface area contributed by atoms with Gasteiger partial charge in [0.25, 0.3) is 0 Å². The van der Waals surface area contributed by atoms with Crippen molar-refractivity contribution in [1.82, 2.24) is 0 Å². The van der Waals surface area contributed by atoms with Crippen molar-refractivity contribution in [3.05, 3.63) is 41.0 Å². The van der Waals surface area contributed by atoms with E-state index in [1.807, 2.05) is 6.07 Å². The largest absolute Gasteiger partial charge is 0.478 e. The van der Waals surface area contributed by atoms with Crippen molar-refractivity contribution >= 4 is 17.6 Å². The minimum atomic E-state index is -1.26. The van der Waals surface area contributed by atoms with Gasteiger partial charge in [-0.25, -0.2) is 9.59 Å². The van der Waals surface area contributed by atoms with Crippen LogP contribution in [0, 0.1) is 0 Å². The molecule has 0 saturated carbocycles. The number of aryl methyl sites for hydroxylation is 1. The summed E-state index contributed by atoms with van der Waals surface area (Å²) >= 11 is 0. The summed E-state index contributed by atoms with van der Waals surface area (Å²) in [5, 5.41) is 15.6. The van der Waals surface area contributed by atoms with E-state index in [0.29, 0.717) is 12.2 Å². The van der Waals surface area contributed by atoms with E-state index in [0.717, 1.165) is 24.9 Å². The second kappa shape index (κ2) is 9.58. The van der Waals surface area contributed by atoms with Gasteiger partial charge >= 0.3 is 11.9 Å². The highest BCUT2D eigenvalue weighted by Crippen LogP contribution is 2.22. The number of anilines is 1. The lowest BCUT2D eigenvalue weighted by Gasteiger charge is -2.13. The topological polar surface area (TPSA) is 101 Å². The Balaban J connectivity index is 0.000000433. The van der Waals surface area contributed by atoms with E-state index < -0.39 is 11.9 Å². The fourth-order valence-electron chi connectivity index (χ4n) is 2.09. The SMILES string of the molecule is CCc1ccc(N)c(CC)c1CC.O=C(O)/C=C\C(=O)O. The molecule has 0 radical (unpaired) electrons. The number of nitrogen functional groups attached to an aromatic ring is 1. The summed E-state index contributed by atoms with van der Waals surface area (Å²) in [6, 6.07) is 4.20. The number of benzene rings is 1. The van der Waals surface area contributed by atoms with Crippen molar-refractivity contribution in [3.8, 4) is 0 Å². The first kappa shape index (κ1) is 18.7. The molecule has 0 aliphatic carbocycles. The molecule has 0 bridgehead atoms. The molecule has 0 atom stereocenters. The molecule has 5 nitrogen and oxygen atoms in total. The normalized spacial score (nSPS) is 10.0. The number of hydrogen-bond donors (Lipinski definition) is 3. The monoisotopic (exact) mass is 293 g/mol. The molecule has 0 fully saturated rings. The molecule has 5 heteroatoms. The van der Waals surface area contributed by atoms with Gasteiger partial charge < -0.3 is 15.9 Å². The fourth-order valence-corrected chi connectivity index (χ4v) is 2.09. The maximum Gasteiger partial charge on any atom is 0.328 e. The first-order valence-electron chi connectivity index (χ1n) is 6.90. The number of nitrogens with two attached hydrogens (primary N) is 1. The van der Waals surface area contributed by atoms with Gasteiger partial charge in [0, 0.05) is 17.8 Å². The molecule has 0 unspecified atom stereocenters. The molecule has 116 valence electrons. The number of carbonyl (C=O) groups is 2. The van der Waals surface area contributed by atoms with Crippen LogP contribution in [0.1, 0.15) is 37.5 Å². The predicted octanol–water partition coefficient (Wildman–Crippen LogP) is 2.67. The van der Waals surface area contributed by atoms with Gasteiger partial charge in [-0.15, -0.1) is 0 Å². The Bertz CT molecular complexity index is 505. The second-order valence-electron chi connectivity index (χ2n) is 4.34. The van der Waals surface area contributed by atoms with Crippen LogP contribution in [-0.4, -0.2) is 22.2 Å². The van der Waals surface area contributed by atoms with E-state index in [9.17, 15) is 9.59 Å². The molecule has 0 aromatic heterocycles. The van der Waals surface area contributed by atoms with Crippen LogP contribution in [-0.2, 0) is 28.9 Å². The minimum Gasteiger partial charge on any atom is -0.478 e. The van der Waals surface area contributed by atoms with Gasteiger partial charge in [-0.05, 0) is 42.0 Å². The Morgan fingerprint density at radius 2 is 1.43 bits per heavy atom. The van der Waals surface area contributed by atoms with Crippen LogP contribution >= 0.6 is 0 Å². The fraction of sp³-hybridized carbons (Fsp3) is 0.375. The molecule has 0 aliphatic heterocycles. The average Bonchev–Trinajstić information content (AvgIpc) is 2.45. The lowest BCUT2D eigenvalue weighted by Crippen LogP contribution is -2.02. The van der Waals surface area contributed by atoms with Crippen molar-refractivity contribution in [2.24, 2.45) is 0 Å². The number of rotatable bonds is 5. The third kappa shape index (κ3) is 6.61. The van der Waals surface area contributed by atoms with Gasteiger partial charge in [0.2, 0.25) is 0 Å². The molecule has 21 heavy (non-hydrogen) atoms. The summed E-state index contributed by atoms with van der Waals surface area (Å²) in [5.74, 6) is -2.51. The van der Waals surface area contributed by atoms with Crippen LogP contribution < -0.4 is 5.73 Å². The highest BCUT2D eigenvalue weighted by atomic mass is 16.4.